The number of nitrogens with one attached hydrogen (secondary N) is 1. The maximum absolute atomic E-state index is 12.9. The van der Waals surface area contributed by atoms with E-state index in [0.717, 1.165) is 5.56 Å². The van der Waals surface area contributed by atoms with E-state index >= 15 is 0 Å². The summed E-state index contributed by atoms with van der Waals surface area (Å²) in [6.07, 6.45) is 0. The Morgan fingerprint density at radius 1 is 1.13 bits per heavy atom. The molecule has 0 aliphatic carbocycles. The van der Waals surface area contributed by atoms with Crippen LogP contribution in [0.25, 0.3) is 0 Å². The van der Waals surface area contributed by atoms with Crippen molar-refractivity contribution < 1.29 is 9.00 Å². The zero-order valence-corrected chi connectivity index (χ0v) is 14.7. The highest BCUT2D eigenvalue weighted by atomic mass is 35.5. The van der Waals surface area contributed by atoms with Gasteiger partial charge in [-0.25, -0.2) is 13.7 Å². The van der Waals surface area contributed by atoms with Crippen LogP contribution in [0.3, 0.4) is 0 Å². The van der Waals surface area contributed by atoms with E-state index in [4.69, 9.17) is 11.6 Å². The van der Waals surface area contributed by atoms with Crippen molar-refractivity contribution in [1.29, 1.82) is 0 Å². The van der Waals surface area contributed by atoms with Gasteiger partial charge in [-0.2, -0.15) is 0 Å². The number of halogens is 1. The summed E-state index contributed by atoms with van der Waals surface area (Å²) in [5.74, 6) is 0. The summed E-state index contributed by atoms with van der Waals surface area (Å²) in [6, 6.07) is 13.2. The minimum Gasteiger partial charge on any atom is -0.295 e. The van der Waals surface area contributed by atoms with Crippen molar-refractivity contribution in [3.63, 3.8) is 0 Å². The third-order valence-corrected chi connectivity index (χ3v) is 5.45. The fraction of sp³-hybridized carbons (Fsp3) is 0.188. The first-order valence-corrected chi connectivity index (χ1v) is 8.80. The number of urea groups is 1. The van der Waals surface area contributed by atoms with Gasteiger partial charge in [0, 0.05) is 17.8 Å². The van der Waals surface area contributed by atoms with Gasteiger partial charge in [0.15, 0.2) is 0 Å². The number of amides is 2. The molecule has 0 aliphatic rings. The molecule has 2 amide bonds. The number of rotatable bonds is 3. The quantitative estimate of drug-likeness (QED) is 0.912. The third-order valence-electron chi connectivity index (χ3n) is 3.32. The van der Waals surface area contributed by atoms with Crippen LogP contribution < -0.4 is 9.62 Å². The number of benzene rings is 2. The number of anilines is 1. The lowest BCUT2D eigenvalue weighted by Crippen LogP contribution is -2.27. The van der Waals surface area contributed by atoms with Gasteiger partial charge in [-0.3, -0.25) is 4.90 Å². The van der Waals surface area contributed by atoms with Gasteiger partial charge in [-0.05, 0) is 50.4 Å². The number of hydrogen-bond acceptors (Lipinski definition) is 2. The second-order valence-corrected chi connectivity index (χ2v) is 7.50. The molecule has 5 nitrogen and oxygen atoms in total. The van der Waals surface area contributed by atoms with Crippen LogP contribution in [0.2, 0.25) is 5.02 Å². The number of nitrogens with zero attached hydrogens (tertiary/aromatic N) is 2. The van der Waals surface area contributed by atoms with Crippen LogP contribution in [0.1, 0.15) is 5.56 Å². The summed E-state index contributed by atoms with van der Waals surface area (Å²) in [7, 11) is 0.0592. The summed E-state index contributed by atoms with van der Waals surface area (Å²) >= 11 is 5.83. The van der Waals surface area contributed by atoms with Crippen molar-refractivity contribution in [2.24, 2.45) is 4.36 Å². The van der Waals surface area contributed by atoms with Gasteiger partial charge in [-0.1, -0.05) is 29.3 Å². The Hall–Kier alpha value is -1.89. The van der Waals surface area contributed by atoms with E-state index in [1.54, 1.807) is 43.4 Å². The van der Waals surface area contributed by atoms with Crippen LogP contribution in [0.15, 0.2) is 57.8 Å². The van der Waals surface area contributed by atoms with Crippen LogP contribution in [0, 0.1) is 6.92 Å². The van der Waals surface area contributed by atoms with Gasteiger partial charge >= 0.3 is 6.03 Å². The Labute approximate surface area is 141 Å². The summed E-state index contributed by atoms with van der Waals surface area (Å²) in [6.45, 7) is 1.93. The monoisotopic (exact) mass is 351 g/mol. The molecule has 0 radical (unpaired) electrons. The molecule has 0 saturated heterocycles. The SMILES string of the molecule is CNS(=O)(=NC(=O)N(C)c1ccc(Cl)cc1)c1ccc(C)cc1. The Balaban J connectivity index is 2.36. The van der Waals surface area contributed by atoms with E-state index in [1.807, 2.05) is 19.1 Å². The summed E-state index contributed by atoms with van der Waals surface area (Å²) < 4.78 is 19.5. The molecule has 1 N–H and O–H groups in total. The molecule has 1 atom stereocenters. The van der Waals surface area contributed by atoms with Crippen LogP contribution in [0.5, 0.6) is 0 Å². The molecule has 7 heteroatoms. The van der Waals surface area contributed by atoms with Gasteiger partial charge in [-0.15, -0.1) is 4.36 Å². The molecule has 0 saturated carbocycles. The van der Waals surface area contributed by atoms with E-state index in [1.165, 1.54) is 11.9 Å². The second kappa shape index (κ2) is 7.12. The molecule has 23 heavy (non-hydrogen) atoms. The van der Waals surface area contributed by atoms with Gasteiger partial charge in [0.2, 0.25) is 0 Å². The normalized spacial score (nSPS) is 13.2. The lowest BCUT2D eigenvalue weighted by Gasteiger charge is -2.16. The average Bonchev–Trinajstić information content (AvgIpc) is 2.55. The van der Waals surface area contributed by atoms with E-state index in [2.05, 4.69) is 9.08 Å². The van der Waals surface area contributed by atoms with E-state index in [-0.39, 0.29) is 0 Å². The molecule has 1 unspecified atom stereocenters. The number of aryl methyl sites for hydroxylation is 1. The summed E-state index contributed by atoms with van der Waals surface area (Å²) in [5, 5.41) is 0.574. The Morgan fingerprint density at radius 3 is 2.22 bits per heavy atom. The Bertz CT molecular complexity index is 810. The van der Waals surface area contributed by atoms with E-state index < -0.39 is 15.9 Å². The molecule has 2 aromatic carbocycles. The number of hydrogen-bond donors (Lipinski definition) is 1. The van der Waals surface area contributed by atoms with Crippen LogP contribution in [-0.4, -0.2) is 24.3 Å². The van der Waals surface area contributed by atoms with Crippen molar-refractivity contribution in [3.8, 4) is 0 Å². The van der Waals surface area contributed by atoms with Gasteiger partial charge < -0.3 is 0 Å². The van der Waals surface area contributed by atoms with Crippen LogP contribution >= 0.6 is 11.6 Å². The first-order chi connectivity index (χ1) is 10.9. The number of carbonyl (C=O) groups excluding carboxylic acids is 1. The summed E-state index contributed by atoms with van der Waals surface area (Å²) in [5.41, 5.74) is 1.65. The maximum atomic E-state index is 12.9. The fourth-order valence-electron chi connectivity index (χ4n) is 1.89. The third kappa shape index (κ3) is 4.10. The van der Waals surface area contributed by atoms with Crippen molar-refractivity contribution in [2.45, 2.75) is 11.8 Å². The minimum atomic E-state index is -3.03. The van der Waals surface area contributed by atoms with E-state index in [0.29, 0.717) is 15.6 Å². The molecule has 0 spiro atoms. The highest BCUT2D eigenvalue weighted by Gasteiger charge is 2.16. The molecular weight excluding hydrogens is 334 g/mol. The van der Waals surface area contributed by atoms with Gasteiger partial charge in [0.1, 0.15) is 9.92 Å². The number of carbonyl (C=O) groups is 1. The smallest absolute Gasteiger partial charge is 0.295 e. The molecule has 0 aromatic heterocycles. The van der Waals surface area contributed by atoms with Crippen molar-refractivity contribution >= 4 is 33.2 Å². The molecule has 0 aliphatic heterocycles. The molecule has 2 rings (SSSR count). The molecule has 2 aromatic rings. The molecule has 0 bridgehead atoms. The highest BCUT2D eigenvalue weighted by molar-refractivity contribution is 7.92. The lowest BCUT2D eigenvalue weighted by molar-refractivity contribution is 0.255. The summed E-state index contributed by atoms with van der Waals surface area (Å²) in [4.78, 5) is 14.1. The topological polar surface area (TPSA) is 61.8 Å². The van der Waals surface area contributed by atoms with E-state index in [9.17, 15) is 9.00 Å². The average molecular weight is 352 g/mol. The molecule has 122 valence electrons. The Kier molecular flexibility index (Phi) is 5.41. The first kappa shape index (κ1) is 17.5. The van der Waals surface area contributed by atoms with Crippen molar-refractivity contribution in [3.05, 3.63) is 59.1 Å². The molecule has 0 fully saturated rings. The molecular formula is C16H18ClN3O2S. The maximum Gasteiger partial charge on any atom is 0.357 e. The Morgan fingerprint density at radius 2 is 1.70 bits per heavy atom. The standard InChI is InChI=1S/C16H18ClN3O2S/c1-12-4-10-15(11-5-12)23(22,18-2)19-16(21)20(3)14-8-6-13(17)7-9-14/h4-11H,1-3H3,(H,18,19,21,22). The molecule has 0 heterocycles. The lowest BCUT2D eigenvalue weighted by atomic mass is 10.2. The minimum absolute atomic E-state index is 0.462. The van der Waals surface area contributed by atoms with Crippen LogP contribution in [0.4, 0.5) is 10.5 Å². The largest absolute Gasteiger partial charge is 0.357 e. The van der Waals surface area contributed by atoms with Gasteiger partial charge in [0.05, 0.1) is 4.90 Å². The fourth-order valence-corrected chi connectivity index (χ4v) is 3.29. The zero-order chi connectivity index (χ0) is 17.0. The van der Waals surface area contributed by atoms with Crippen molar-refractivity contribution in [2.75, 3.05) is 19.0 Å². The van der Waals surface area contributed by atoms with Crippen LogP contribution in [-0.2, 0) is 9.92 Å². The predicted octanol–water partition coefficient (Wildman–Crippen LogP) is 3.87. The first-order valence-electron chi connectivity index (χ1n) is 6.91. The second-order valence-electron chi connectivity index (χ2n) is 4.95. The van der Waals surface area contributed by atoms with Gasteiger partial charge in [0.25, 0.3) is 0 Å². The predicted molar refractivity (Wildman–Crippen MR) is 94.3 cm³/mol. The highest BCUT2D eigenvalue weighted by Crippen LogP contribution is 2.19. The van der Waals surface area contributed by atoms with Crippen molar-refractivity contribution in [1.82, 2.24) is 4.72 Å². The zero-order valence-electron chi connectivity index (χ0n) is 13.1.